The summed E-state index contributed by atoms with van der Waals surface area (Å²) < 4.78 is 13.1. The molecule has 0 atom stereocenters. The minimum Gasteiger partial charge on any atom is -0.330 e. The number of benzene rings is 1. The van der Waals surface area contributed by atoms with Crippen LogP contribution in [-0.2, 0) is 6.42 Å². The lowest BCUT2D eigenvalue weighted by atomic mass is 10.0. The Balaban J connectivity index is 2.61. The van der Waals surface area contributed by atoms with Crippen molar-refractivity contribution in [3.05, 3.63) is 35.1 Å². The molecule has 1 aromatic rings. The molecule has 1 rings (SSSR count). The highest BCUT2D eigenvalue weighted by molar-refractivity contribution is 5.27. The fraction of sp³-hybridized carbons (Fsp3) is 0.455. The summed E-state index contributed by atoms with van der Waals surface area (Å²) >= 11 is 0. The van der Waals surface area contributed by atoms with Gasteiger partial charge in [-0.05, 0) is 49.9 Å². The van der Waals surface area contributed by atoms with Gasteiger partial charge in [-0.15, -0.1) is 0 Å². The Bertz CT molecular complexity index is 271. The van der Waals surface area contributed by atoms with E-state index in [-0.39, 0.29) is 5.82 Å². The zero-order valence-corrected chi connectivity index (χ0v) is 8.02. The lowest BCUT2D eigenvalue weighted by Crippen LogP contribution is -2.00. The third kappa shape index (κ3) is 2.81. The van der Waals surface area contributed by atoms with Crippen LogP contribution in [0.15, 0.2) is 18.2 Å². The van der Waals surface area contributed by atoms with Crippen molar-refractivity contribution in [2.75, 3.05) is 6.54 Å². The van der Waals surface area contributed by atoms with Crippen molar-refractivity contribution < 1.29 is 4.39 Å². The first-order valence-electron chi connectivity index (χ1n) is 4.69. The van der Waals surface area contributed by atoms with Crippen molar-refractivity contribution in [2.24, 2.45) is 5.73 Å². The molecule has 0 spiro atoms. The predicted molar refractivity (Wildman–Crippen MR) is 53.1 cm³/mol. The van der Waals surface area contributed by atoms with Crippen molar-refractivity contribution >= 4 is 0 Å². The summed E-state index contributed by atoms with van der Waals surface area (Å²) in [6.45, 7) is 2.54. The van der Waals surface area contributed by atoms with Crippen LogP contribution < -0.4 is 5.73 Å². The highest BCUT2D eigenvalue weighted by Gasteiger charge is 2.01. The van der Waals surface area contributed by atoms with E-state index in [0.717, 1.165) is 30.4 Å². The molecule has 0 aliphatic carbocycles. The molecule has 2 N–H and O–H groups in total. The van der Waals surface area contributed by atoms with Crippen LogP contribution >= 0.6 is 0 Å². The Hall–Kier alpha value is -0.890. The number of rotatable bonds is 4. The molecular weight excluding hydrogens is 165 g/mol. The number of nitrogens with two attached hydrogens (primary N) is 1. The van der Waals surface area contributed by atoms with Crippen LogP contribution in [0.1, 0.15) is 24.0 Å². The molecule has 1 aromatic carbocycles. The van der Waals surface area contributed by atoms with Gasteiger partial charge in [0.05, 0.1) is 0 Å². The fourth-order valence-electron chi connectivity index (χ4n) is 1.38. The van der Waals surface area contributed by atoms with Crippen LogP contribution in [0.3, 0.4) is 0 Å². The van der Waals surface area contributed by atoms with Crippen LogP contribution in [0, 0.1) is 12.7 Å². The van der Waals surface area contributed by atoms with Crippen molar-refractivity contribution in [1.29, 1.82) is 0 Å². The molecule has 0 heterocycles. The Morgan fingerprint density at radius 2 is 2.08 bits per heavy atom. The van der Waals surface area contributed by atoms with Crippen molar-refractivity contribution in [2.45, 2.75) is 26.2 Å². The van der Waals surface area contributed by atoms with E-state index in [1.165, 1.54) is 6.07 Å². The zero-order valence-electron chi connectivity index (χ0n) is 8.02. The quantitative estimate of drug-likeness (QED) is 0.709. The van der Waals surface area contributed by atoms with E-state index in [2.05, 4.69) is 0 Å². The van der Waals surface area contributed by atoms with Gasteiger partial charge in [0.15, 0.2) is 0 Å². The van der Waals surface area contributed by atoms with Gasteiger partial charge in [0, 0.05) is 0 Å². The summed E-state index contributed by atoms with van der Waals surface area (Å²) in [5.74, 6) is -0.106. The molecule has 0 bridgehead atoms. The second-order valence-corrected chi connectivity index (χ2v) is 3.27. The van der Waals surface area contributed by atoms with Crippen molar-refractivity contribution in [3.8, 4) is 0 Å². The Labute approximate surface area is 78.8 Å². The highest BCUT2D eigenvalue weighted by Crippen LogP contribution is 2.14. The van der Waals surface area contributed by atoms with Crippen LogP contribution in [0.5, 0.6) is 0 Å². The summed E-state index contributed by atoms with van der Waals surface area (Å²) in [4.78, 5) is 0. The maximum absolute atomic E-state index is 13.1. The standard InChI is InChI=1S/C11H16FN/c1-9-10(5-2-3-8-13)6-4-7-11(9)12/h4,6-7H,2-3,5,8,13H2,1H3. The summed E-state index contributed by atoms with van der Waals surface area (Å²) in [5.41, 5.74) is 7.27. The molecule has 0 saturated carbocycles. The second kappa shape index (κ2) is 4.97. The van der Waals surface area contributed by atoms with E-state index in [1.54, 1.807) is 6.07 Å². The monoisotopic (exact) mass is 181 g/mol. The summed E-state index contributed by atoms with van der Waals surface area (Å²) in [6, 6.07) is 5.25. The minimum absolute atomic E-state index is 0.106. The molecule has 13 heavy (non-hydrogen) atoms. The van der Waals surface area contributed by atoms with Gasteiger partial charge in [-0.3, -0.25) is 0 Å². The third-order valence-corrected chi connectivity index (χ3v) is 2.28. The zero-order chi connectivity index (χ0) is 9.68. The van der Waals surface area contributed by atoms with Gasteiger partial charge in [0.25, 0.3) is 0 Å². The molecule has 1 nitrogen and oxygen atoms in total. The predicted octanol–water partition coefficient (Wildman–Crippen LogP) is 2.42. The van der Waals surface area contributed by atoms with Gasteiger partial charge in [0.1, 0.15) is 5.82 Å². The minimum atomic E-state index is -0.106. The highest BCUT2D eigenvalue weighted by atomic mass is 19.1. The molecule has 0 aliphatic heterocycles. The number of aryl methyl sites for hydroxylation is 1. The van der Waals surface area contributed by atoms with Gasteiger partial charge >= 0.3 is 0 Å². The smallest absolute Gasteiger partial charge is 0.126 e. The van der Waals surface area contributed by atoms with Crippen LogP contribution in [0.4, 0.5) is 4.39 Å². The van der Waals surface area contributed by atoms with Gasteiger partial charge < -0.3 is 5.73 Å². The summed E-state index contributed by atoms with van der Waals surface area (Å²) in [5, 5.41) is 0. The molecule has 2 heteroatoms. The fourth-order valence-corrected chi connectivity index (χ4v) is 1.38. The Kier molecular flexibility index (Phi) is 3.90. The number of unbranched alkanes of at least 4 members (excludes halogenated alkanes) is 1. The molecule has 0 saturated heterocycles. The second-order valence-electron chi connectivity index (χ2n) is 3.27. The van der Waals surface area contributed by atoms with Gasteiger partial charge in [-0.25, -0.2) is 4.39 Å². The molecule has 0 radical (unpaired) electrons. The summed E-state index contributed by atoms with van der Waals surface area (Å²) in [6.07, 6.45) is 2.98. The van der Waals surface area contributed by atoms with E-state index in [9.17, 15) is 4.39 Å². The third-order valence-electron chi connectivity index (χ3n) is 2.28. The van der Waals surface area contributed by atoms with Crippen molar-refractivity contribution in [3.63, 3.8) is 0 Å². The first-order valence-corrected chi connectivity index (χ1v) is 4.69. The maximum Gasteiger partial charge on any atom is 0.126 e. The number of hydrogen-bond donors (Lipinski definition) is 1. The normalized spacial score (nSPS) is 10.4. The largest absolute Gasteiger partial charge is 0.330 e. The van der Waals surface area contributed by atoms with E-state index in [0.29, 0.717) is 6.54 Å². The molecule has 72 valence electrons. The molecule has 0 amide bonds. The molecule has 0 unspecified atom stereocenters. The SMILES string of the molecule is Cc1c(F)cccc1CCCCN. The van der Waals surface area contributed by atoms with Crippen LogP contribution in [0.25, 0.3) is 0 Å². The maximum atomic E-state index is 13.1. The number of halogens is 1. The van der Waals surface area contributed by atoms with Gasteiger partial charge in [0.2, 0.25) is 0 Å². The first-order chi connectivity index (χ1) is 6.25. The van der Waals surface area contributed by atoms with E-state index < -0.39 is 0 Å². The van der Waals surface area contributed by atoms with Gasteiger partial charge in [-0.2, -0.15) is 0 Å². The average molecular weight is 181 g/mol. The lowest BCUT2D eigenvalue weighted by molar-refractivity contribution is 0.613. The Morgan fingerprint density at radius 3 is 2.77 bits per heavy atom. The van der Waals surface area contributed by atoms with Crippen LogP contribution in [-0.4, -0.2) is 6.54 Å². The molecule has 0 aliphatic rings. The molecule has 0 aromatic heterocycles. The summed E-state index contributed by atoms with van der Waals surface area (Å²) in [7, 11) is 0. The van der Waals surface area contributed by atoms with Crippen LogP contribution in [0.2, 0.25) is 0 Å². The van der Waals surface area contributed by atoms with E-state index in [1.807, 2.05) is 13.0 Å². The topological polar surface area (TPSA) is 26.0 Å². The lowest BCUT2D eigenvalue weighted by Gasteiger charge is -2.05. The average Bonchev–Trinajstić information content (AvgIpc) is 2.13. The van der Waals surface area contributed by atoms with E-state index >= 15 is 0 Å². The number of hydrogen-bond acceptors (Lipinski definition) is 1. The first kappa shape index (κ1) is 10.2. The van der Waals surface area contributed by atoms with E-state index in [4.69, 9.17) is 5.73 Å². The van der Waals surface area contributed by atoms with Crippen molar-refractivity contribution in [1.82, 2.24) is 0 Å². The van der Waals surface area contributed by atoms with Gasteiger partial charge in [-0.1, -0.05) is 12.1 Å². The molecular formula is C11H16FN. The molecule has 0 fully saturated rings. The Morgan fingerprint density at radius 1 is 1.31 bits per heavy atom.